The van der Waals surface area contributed by atoms with Crippen molar-refractivity contribution >= 4 is 47.4 Å². The second kappa shape index (κ2) is 16.5. The van der Waals surface area contributed by atoms with Gasteiger partial charge in [0, 0.05) is 13.0 Å². The van der Waals surface area contributed by atoms with E-state index >= 15 is 0 Å². The first-order valence-electron chi connectivity index (χ1n) is 10.5. The van der Waals surface area contributed by atoms with E-state index in [-0.39, 0.29) is 38.2 Å². The normalized spacial score (nSPS) is 14.1. The lowest BCUT2D eigenvalue weighted by atomic mass is 10.1. The summed E-state index contributed by atoms with van der Waals surface area (Å²) in [6.45, 7) is 1.57. The molecule has 4 unspecified atom stereocenters. The largest absolute Gasteiger partial charge is 0.481 e. The molecule has 0 aromatic carbocycles. The Morgan fingerprint density at radius 2 is 1.53 bits per heavy atom. The zero-order valence-electron chi connectivity index (χ0n) is 19.3. The second-order valence-corrected chi connectivity index (χ2v) is 8.45. The molecule has 3 amide bonds. The van der Waals surface area contributed by atoms with Gasteiger partial charge >= 0.3 is 11.9 Å². The molecule has 14 nitrogen and oxygen atoms in total. The van der Waals surface area contributed by atoms with Crippen molar-refractivity contribution in [3.8, 4) is 0 Å². The number of carboxylic acid groups (broad SMARTS) is 2. The first-order valence-corrected chi connectivity index (χ1v) is 11.9. The Kier molecular flexibility index (Phi) is 15.0. The fourth-order valence-electron chi connectivity index (χ4n) is 2.63. The van der Waals surface area contributed by atoms with Gasteiger partial charge in [-0.2, -0.15) is 11.8 Å². The Morgan fingerprint density at radius 3 is 2.06 bits per heavy atom. The van der Waals surface area contributed by atoms with E-state index in [1.165, 1.54) is 18.7 Å². The van der Waals surface area contributed by atoms with Crippen LogP contribution < -0.4 is 33.2 Å². The Bertz CT molecular complexity index is 747. The zero-order valence-corrected chi connectivity index (χ0v) is 20.1. The number of carbonyl (C=O) groups excluding carboxylic acids is 3. The summed E-state index contributed by atoms with van der Waals surface area (Å²) in [7, 11) is 0. The maximum atomic E-state index is 12.7. The van der Waals surface area contributed by atoms with E-state index in [4.69, 9.17) is 22.3 Å². The van der Waals surface area contributed by atoms with Gasteiger partial charge in [-0.25, -0.2) is 4.79 Å². The average molecular weight is 506 g/mol. The highest BCUT2D eigenvalue weighted by molar-refractivity contribution is 7.98. The van der Waals surface area contributed by atoms with Gasteiger partial charge in [-0.1, -0.05) is 0 Å². The van der Waals surface area contributed by atoms with Crippen LogP contribution in [0.15, 0.2) is 4.99 Å². The summed E-state index contributed by atoms with van der Waals surface area (Å²) in [6.07, 6.45) is 2.00. The molecule has 0 aromatic heterocycles. The first-order chi connectivity index (χ1) is 15.9. The molecule has 0 rings (SSSR count). The van der Waals surface area contributed by atoms with E-state index in [1.54, 1.807) is 0 Å². The van der Waals surface area contributed by atoms with Gasteiger partial charge in [0.25, 0.3) is 0 Å². The molecule has 11 N–H and O–H groups in total. The van der Waals surface area contributed by atoms with Crippen molar-refractivity contribution in [1.29, 1.82) is 0 Å². The highest BCUT2D eigenvalue weighted by Crippen LogP contribution is 2.05. The van der Waals surface area contributed by atoms with E-state index in [0.29, 0.717) is 12.2 Å². The molecule has 0 fully saturated rings. The number of nitrogens with zero attached hydrogens (tertiary/aromatic N) is 1. The Hall–Kier alpha value is -3.07. The molecule has 4 atom stereocenters. The Morgan fingerprint density at radius 1 is 0.912 bits per heavy atom. The molecule has 0 saturated carbocycles. The molecule has 194 valence electrons. The maximum Gasteiger partial charge on any atom is 0.326 e. The van der Waals surface area contributed by atoms with Gasteiger partial charge in [-0.05, 0) is 44.6 Å². The molecule has 0 aliphatic rings. The zero-order chi connectivity index (χ0) is 26.3. The number of aliphatic carboxylic acids is 2. The molecule has 15 heteroatoms. The van der Waals surface area contributed by atoms with Crippen LogP contribution in [0.4, 0.5) is 0 Å². The van der Waals surface area contributed by atoms with Gasteiger partial charge in [0.05, 0.1) is 6.04 Å². The third-order valence-electron chi connectivity index (χ3n) is 4.56. The van der Waals surface area contributed by atoms with Gasteiger partial charge < -0.3 is 43.4 Å². The van der Waals surface area contributed by atoms with Gasteiger partial charge in [-0.3, -0.25) is 24.2 Å². The lowest BCUT2D eigenvalue weighted by Gasteiger charge is -2.23. The summed E-state index contributed by atoms with van der Waals surface area (Å²) in [6, 6.07) is -4.43. The van der Waals surface area contributed by atoms with Gasteiger partial charge in [-0.15, -0.1) is 0 Å². The van der Waals surface area contributed by atoms with Gasteiger partial charge in [0.1, 0.15) is 18.1 Å². The van der Waals surface area contributed by atoms with Gasteiger partial charge in [0.15, 0.2) is 5.96 Å². The summed E-state index contributed by atoms with van der Waals surface area (Å²) < 4.78 is 0. The molecule has 0 spiro atoms. The number of nitrogens with two attached hydrogens (primary N) is 3. The molecule has 0 aliphatic carbocycles. The minimum atomic E-state index is -1.25. The minimum absolute atomic E-state index is 0.0712. The standard InChI is InChI=1S/C19H35N7O7S/c1-10(24-16(30)11(20)5-6-14(27)28)15(29)25-12(7-9-34-2)17(31)26-13(18(32)33)4-3-8-23-19(21)22/h10-13H,3-9,20H2,1-2H3,(H,24,30)(H,25,29)(H,26,31)(H,27,28)(H,32,33)(H4,21,22,23). The predicted octanol–water partition coefficient (Wildman–Crippen LogP) is -2.46. The van der Waals surface area contributed by atoms with Crippen molar-refractivity contribution in [2.24, 2.45) is 22.2 Å². The number of aliphatic imine (C=N–C) groups is 1. The number of rotatable bonds is 17. The van der Waals surface area contributed by atoms with E-state index in [9.17, 15) is 29.1 Å². The smallest absolute Gasteiger partial charge is 0.326 e. The molecule has 0 aliphatic heterocycles. The number of amides is 3. The number of thioether (sulfide) groups is 1. The quantitative estimate of drug-likeness (QED) is 0.0584. The van der Waals surface area contributed by atoms with Crippen molar-refractivity contribution < 1.29 is 34.2 Å². The SMILES string of the molecule is CSCCC(NC(=O)C(C)NC(=O)C(N)CCC(=O)O)C(=O)NC(CCCN=C(N)N)C(=O)O. The monoisotopic (exact) mass is 505 g/mol. The van der Waals surface area contributed by atoms with Crippen molar-refractivity contribution in [2.45, 2.75) is 63.2 Å². The average Bonchev–Trinajstić information content (AvgIpc) is 2.75. The molecule has 0 bridgehead atoms. The summed E-state index contributed by atoms with van der Waals surface area (Å²) in [5.74, 6) is -4.05. The molecule has 0 aromatic rings. The van der Waals surface area contributed by atoms with Crippen molar-refractivity contribution in [3.05, 3.63) is 0 Å². The van der Waals surface area contributed by atoms with Gasteiger partial charge in [0.2, 0.25) is 17.7 Å². The number of hydrogen-bond donors (Lipinski definition) is 8. The third-order valence-corrected chi connectivity index (χ3v) is 5.21. The van der Waals surface area contributed by atoms with E-state index in [1.807, 2.05) is 6.26 Å². The fraction of sp³-hybridized carbons (Fsp3) is 0.684. The van der Waals surface area contributed by atoms with Crippen LogP contribution in [0.5, 0.6) is 0 Å². The van der Waals surface area contributed by atoms with Crippen LogP contribution in [0, 0.1) is 0 Å². The molecule has 0 radical (unpaired) electrons. The number of hydrogen-bond acceptors (Lipinski definition) is 8. The minimum Gasteiger partial charge on any atom is -0.481 e. The van der Waals surface area contributed by atoms with Crippen LogP contribution in [-0.2, 0) is 24.0 Å². The highest BCUT2D eigenvalue weighted by Gasteiger charge is 2.28. The number of guanidine groups is 1. The third kappa shape index (κ3) is 13.5. The fourth-order valence-corrected chi connectivity index (χ4v) is 3.10. The lowest BCUT2D eigenvalue weighted by molar-refractivity contribution is -0.142. The van der Waals surface area contributed by atoms with Crippen molar-refractivity contribution in [1.82, 2.24) is 16.0 Å². The molecule has 0 heterocycles. The highest BCUT2D eigenvalue weighted by atomic mass is 32.2. The lowest BCUT2D eigenvalue weighted by Crippen LogP contribution is -2.56. The molecular formula is C19H35N7O7S. The van der Waals surface area contributed by atoms with E-state index in [0.717, 1.165) is 0 Å². The number of nitrogens with one attached hydrogen (secondary N) is 3. The topological polar surface area (TPSA) is 252 Å². The Labute approximate surface area is 201 Å². The van der Waals surface area contributed by atoms with Crippen LogP contribution in [-0.4, -0.2) is 88.6 Å². The van der Waals surface area contributed by atoms with Crippen LogP contribution in [0.25, 0.3) is 0 Å². The maximum absolute atomic E-state index is 12.7. The summed E-state index contributed by atoms with van der Waals surface area (Å²) >= 11 is 1.43. The molecular weight excluding hydrogens is 470 g/mol. The molecule has 34 heavy (non-hydrogen) atoms. The molecule has 0 saturated heterocycles. The van der Waals surface area contributed by atoms with E-state index in [2.05, 4.69) is 20.9 Å². The van der Waals surface area contributed by atoms with Crippen LogP contribution in [0.2, 0.25) is 0 Å². The van der Waals surface area contributed by atoms with Crippen molar-refractivity contribution in [3.63, 3.8) is 0 Å². The predicted molar refractivity (Wildman–Crippen MR) is 127 cm³/mol. The van der Waals surface area contributed by atoms with E-state index < -0.39 is 53.8 Å². The number of carboxylic acids is 2. The van der Waals surface area contributed by atoms with Crippen LogP contribution in [0.3, 0.4) is 0 Å². The van der Waals surface area contributed by atoms with Crippen LogP contribution in [0.1, 0.15) is 39.0 Å². The Balaban J connectivity index is 5.03. The summed E-state index contributed by atoms with van der Waals surface area (Å²) in [5, 5.41) is 25.4. The summed E-state index contributed by atoms with van der Waals surface area (Å²) in [5.41, 5.74) is 16.1. The van der Waals surface area contributed by atoms with Crippen LogP contribution >= 0.6 is 11.8 Å². The number of carbonyl (C=O) groups is 5. The first kappa shape index (κ1) is 30.9. The summed E-state index contributed by atoms with van der Waals surface area (Å²) in [4.78, 5) is 63.2. The second-order valence-electron chi connectivity index (χ2n) is 7.46. The van der Waals surface area contributed by atoms with Crippen molar-refractivity contribution in [2.75, 3.05) is 18.6 Å².